The minimum absolute atomic E-state index is 0.985. The zero-order valence-electron chi connectivity index (χ0n) is 8.14. The van der Waals surface area contributed by atoms with Gasteiger partial charge in [0.2, 0.25) is 0 Å². The van der Waals surface area contributed by atoms with Crippen LogP contribution in [0, 0.1) is 0 Å². The fourth-order valence-corrected chi connectivity index (χ4v) is 1.80. The minimum Gasteiger partial charge on any atom is -0.359 e. The number of aromatic nitrogens is 2. The lowest BCUT2D eigenvalue weighted by Gasteiger charge is -1.97. The molecule has 3 aromatic rings. The van der Waals surface area contributed by atoms with Gasteiger partial charge in [-0.1, -0.05) is 30.3 Å². The van der Waals surface area contributed by atoms with Crippen LogP contribution in [0.1, 0.15) is 0 Å². The van der Waals surface area contributed by atoms with Crippen molar-refractivity contribution in [2.45, 2.75) is 0 Å². The Labute approximate surface area is 87.6 Å². The van der Waals surface area contributed by atoms with E-state index in [1.807, 2.05) is 42.7 Å². The van der Waals surface area contributed by atoms with Crippen LogP contribution >= 0.6 is 0 Å². The Morgan fingerprint density at radius 1 is 0.933 bits per heavy atom. The van der Waals surface area contributed by atoms with Crippen LogP contribution in [0.5, 0.6) is 0 Å². The molecule has 2 heterocycles. The summed E-state index contributed by atoms with van der Waals surface area (Å²) < 4.78 is 0. The molecule has 0 spiro atoms. The minimum atomic E-state index is 0.985. The molecule has 2 heteroatoms. The molecule has 3 rings (SSSR count). The molecule has 0 atom stereocenters. The van der Waals surface area contributed by atoms with Gasteiger partial charge in [0.25, 0.3) is 0 Å². The zero-order chi connectivity index (χ0) is 10.1. The number of aromatic amines is 1. The number of fused-ring (bicyclic) bond motifs is 1. The normalized spacial score (nSPS) is 10.7. The van der Waals surface area contributed by atoms with Gasteiger partial charge in [-0.2, -0.15) is 0 Å². The lowest BCUT2D eigenvalue weighted by molar-refractivity contribution is 1.29. The van der Waals surface area contributed by atoms with Crippen LogP contribution in [-0.4, -0.2) is 9.97 Å². The van der Waals surface area contributed by atoms with E-state index in [9.17, 15) is 0 Å². The van der Waals surface area contributed by atoms with Crippen molar-refractivity contribution < 1.29 is 0 Å². The highest BCUT2D eigenvalue weighted by molar-refractivity contribution is 5.94. The van der Waals surface area contributed by atoms with E-state index in [4.69, 9.17) is 0 Å². The summed E-state index contributed by atoms with van der Waals surface area (Å²) in [6.45, 7) is 0. The largest absolute Gasteiger partial charge is 0.359 e. The van der Waals surface area contributed by atoms with E-state index in [1.165, 1.54) is 10.8 Å². The molecular formula is C13H10N2. The SMILES string of the molecule is c1ccc(-c2[nH]cc3ccccc23)nc1. The van der Waals surface area contributed by atoms with Gasteiger partial charge in [-0.15, -0.1) is 0 Å². The molecular weight excluding hydrogens is 184 g/mol. The second-order valence-corrected chi connectivity index (χ2v) is 3.47. The van der Waals surface area contributed by atoms with Crippen LogP contribution < -0.4 is 0 Å². The third kappa shape index (κ3) is 1.31. The van der Waals surface area contributed by atoms with Gasteiger partial charge in [-0.05, 0) is 17.5 Å². The molecule has 72 valence electrons. The topological polar surface area (TPSA) is 28.7 Å². The second kappa shape index (κ2) is 3.24. The highest BCUT2D eigenvalue weighted by Gasteiger charge is 2.04. The van der Waals surface area contributed by atoms with Crippen molar-refractivity contribution in [1.82, 2.24) is 9.97 Å². The van der Waals surface area contributed by atoms with Crippen LogP contribution in [0.4, 0.5) is 0 Å². The van der Waals surface area contributed by atoms with Gasteiger partial charge in [-0.3, -0.25) is 4.98 Å². The Balaban J connectivity index is 2.28. The first-order chi connectivity index (χ1) is 7.45. The first-order valence-electron chi connectivity index (χ1n) is 4.93. The quantitative estimate of drug-likeness (QED) is 0.633. The van der Waals surface area contributed by atoms with E-state index in [2.05, 4.69) is 22.1 Å². The molecule has 0 radical (unpaired) electrons. The Bertz CT molecular complexity index is 582. The Hall–Kier alpha value is -2.09. The summed E-state index contributed by atoms with van der Waals surface area (Å²) in [5, 5.41) is 2.44. The standard InChI is InChI=1S/C13H10N2/c1-2-6-11-10(5-1)9-15-13(11)12-7-3-4-8-14-12/h1-9,15H. The molecule has 0 fully saturated rings. The fraction of sp³-hybridized carbons (Fsp3) is 0. The molecule has 0 unspecified atom stereocenters. The predicted molar refractivity (Wildman–Crippen MR) is 61.5 cm³/mol. The predicted octanol–water partition coefficient (Wildman–Crippen LogP) is 3.23. The highest BCUT2D eigenvalue weighted by atomic mass is 14.8. The Morgan fingerprint density at radius 3 is 2.67 bits per heavy atom. The number of rotatable bonds is 1. The molecule has 0 bridgehead atoms. The van der Waals surface area contributed by atoms with Crippen molar-refractivity contribution in [3.63, 3.8) is 0 Å². The first kappa shape index (κ1) is 8.24. The van der Waals surface area contributed by atoms with Crippen LogP contribution in [0.25, 0.3) is 22.2 Å². The van der Waals surface area contributed by atoms with Crippen LogP contribution in [-0.2, 0) is 0 Å². The van der Waals surface area contributed by atoms with E-state index in [0.29, 0.717) is 0 Å². The molecule has 1 N–H and O–H groups in total. The van der Waals surface area contributed by atoms with Gasteiger partial charge in [0.15, 0.2) is 0 Å². The Morgan fingerprint density at radius 2 is 1.80 bits per heavy atom. The number of benzene rings is 1. The van der Waals surface area contributed by atoms with Gasteiger partial charge < -0.3 is 4.98 Å². The molecule has 2 nitrogen and oxygen atoms in total. The molecule has 0 aliphatic heterocycles. The molecule has 2 aromatic heterocycles. The van der Waals surface area contributed by atoms with E-state index < -0.39 is 0 Å². The first-order valence-corrected chi connectivity index (χ1v) is 4.93. The van der Waals surface area contributed by atoms with Crippen LogP contribution in [0.3, 0.4) is 0 Å². The summed E-state index contributed by atoms with van der Waals surface area (Å²) in [6, 6.07) is 14.2. The summed E-state index contributed by atoms with van der Waals surface area (Å²) in [6.07, 6.45) is 3.82. The van der Waals surface area contributed by atoms with E-state index in [0.717, 1.165) is 11.4 Å². The summed E-state index contributed by atoms with van der Waals surface area (Å²) in [5.74, 6) is 0. The molecule has 15 heavy (non-hydrogen) atoms. The van der Waals surface area contributed by atoms with Crippen molar-refractivity contribution in [1.29, 1.82) is 0 Å². The molecule has 0 saturated heterocycles. The van der Waals surface area contributed by atoms with Gasteiger partial charge in [-0.25, -0.2) is 0 Å². The number of pyridine rings is 1. The van der Waals surface area contributed by atoms with Gasteiger partial charge in [0.05, 0.1) is 11.4 Å². The van der Waals surface area contributed by atoms with Crippen molar-refractivity contribution >= 4 is 10.8 Å². The summed E-state index contributed by atoms with van der Waals surface area (Å²) in [7, 11) is 0. The van der Waals surface area contributed by atoms with Crippen molar-refractivity contribution in [3.8, 4) is 11.4 Å². The fourth-order valence-electron chi connectivity index (χ4n) is 1.80. The van der Waals surface area contributed by atoms with Crippen molar-refractivity contribution in [3.05, 3.63) is 54.9 Å². The maximum absolute atomic E-state index is 4.34. The monoisotopic (exact) mass is 194 g/mol. The summed E-state index contributed by atoms with van der Waals surface area (Å²) in [5.41, 5.74) is 2.07. The smallest absolute Gasteiger partial charge is 0.0870 e. The van der Waals surface area contributed by atoms with E-state index in [-0.39, 0.29) is 0 Å². The average molecular weight is 194 g/mol. The highest BCUT2D eigenvalue weighted by Crippen LogP contribution is 2.25. The number of H-pyrrole nitrogens is 1. The molecule has 0 aliphatic carbocycles. The van der Waals surface area contributed by atoms with E-state index >= 15 is 0 Å². The van der Waals surface area contributed by atoms with Gasteiger partial charge in [0.1, 0.15) is 0 Å². The third-order valence-electron chi connectivity index (χ3n) is 2.52. The lowest BCUT2D eigenvalue weighted by Crippen LogP contribution is -1.81. The maximum atomic E-state index is 4.34. The lowest BCUT2D eigenvalue weighted by atomic mass is 10.1. The number of nitrogens with one attached hydrogen (secondary N) is 1. The molecule has 0 amide bonds. The van der Waals surface area contributed by atoms with Gasteiger partial charge in [0, 0.05) is 17.8 Å². The Kier molecular flexibility index (Phi) is 1.78. The number of hydrogen-bond donors (Lipinski definition) is 1. The van der Waals surface area contributed by atoms with Crippen LogP contribution in [0.2, 0.25) is 0 Å². The molecule has 1 aromatic carbocycles. The van der Waals surface area contributed by atoms with Crippen molar-refractivity contribution in [2.75, 3.05) is 0 Å². The summed E-state index contributed by atoms with van der Waals surface area (Å²) in [4.78, 5) is 7.61. The molecule has 0 aliphatic rings. The second-order valence-electron chi connectivity index (χ2n) is 3.47. The summed E-state index contributed by atoms with van der Waals surface area (Å²) >= 11 is 0. The average Bonchev–Trinajstić information content (AvgIpc) is 2.74. The van der Waals surface area contributed by atoms with E-state index in [1.54, 1.807) is 0 Å². The molecule has 0 saturated carbocycles. The third-order valence-corrected chi connectivity index (χ3v) is 2.52. The van der Waals surface area contributed by atoms with Crippen LogP contribution in [0.15, 0.2) is 54.9 Å². The van der Waals surface area contributed by atoms with Gasteiger partial charge >= 0.3 is 0 Å². The number of hydrogen-bond acceptors (Lipinski definition) is 1. The maximum Gasteiger partial charge on any atom is 0.0870 e. The van der Waals surface area contributed by atoms with Crippen molar-refractivity contribution in [2.24, 2.45) is 0 Å². The zero-order valence-corrected chi connectivity index (χ0v) is 8.14. The number of nitrogens with zero attached hydrogens (tertiary/aromatic N) is 1.